The molecule has 0 amide bonds. The Balaban J connectivity index is 4.53. The first-order valence-electron chi connectivity index (χ1n) is 3.75. The molecule has 0 aliphatic rings. The van der Waals surface area contributed by atoms with E-state index in [4.69, 9.17) is 5.73 Å². The van der Waals surface area contributed by atoms with Crippen LogP contribution in [0, 0.1) is 0 Å². The number of carbonyl (C=O) groups is 1. The molecule has 0 atom stereocenters. The molecule has 0 unspecified atom stereocenters. The summed E-state index contributed by atoms with van der Waals surface area (Å²) >= 11 is 0. The van der Waals surface area contributed by atoms with Crippen LogP contribution in [0.1, 0.15) is 27.2 Å². The van der Waals surface area contributed by atoms with Crippen LogP contribution in [0.2, 0.25) is 0 Å². The zero-order chi connectivity index (χ0) is 8.85. The topological polar surface area (TPSA) is 43.1 Å². The zero-order valence-corrected chi connectivity index (χ0v) is 7.35. The van der Waals surface area contributed by atoms with Crippen molar-refractivity contribution in [1.29, 1.82) is 0 Å². The van der Waals surface area contributed by atoms with Crippen molar-refractivity contribution in [1.82, 2.24) is 0 Å². The third kappa shape index (κ3) is 3.61. The second kappa shape index (κ2) is 4.72. The Bertz CT molecular complexity index is 202. The zero-order valence-electron chi connectivity index (χ0n) is 7.35. The van der Waals surface area contributed by atoms with Crippen molar-refractivity contribution in [3.63, 3.8) is 0 Å². The number of rotatable bonds is 3. The first kappa shape index (κ1) is 9.95. The fourth-order valence-electron chi connectivity index (χ4n) is 0.820. The number of carbonyl (C=O) groups excluding carboxylic acids is 1. The van der Waals surface area contributed by atoms with Gasteiger partial charge in [0.15, 0.2) is 5.78 Å². The monoisotopic (exact) mass is 153 g/mol. The SMILES string of the molecule is C/C=C(N)\C(=C/C(C)=O)CC. The minimum absolute atomic E-state index is 0.0478. The Morgan fingerprint density at radius 3 is 2.36 bits per heavy atom. The van der Waals surface area contributed by atoms with E-state index in [9.17, 15) is 4.79 Å². The fourth-order valence-corrected chi connectivity index (χ4v) is 0.820. The third-order valence-electron chi connectivity index (χ3n) is 1.44. The molecular weight excluding hydrogens is 138 g/mol. The van der Waals surface area contributed by atoms with Crippen molar-refractivity contribution in [2.75, 3.05) is 0 Å². The highest BCUT2D eigenvalue weighted by molar-refractivity contribution is 5.88. The second-order valence-electron chi connectivity index (χ2n) is 2.38. The molecule has 2 heteroatoms. The molecule has 2 nitrogen and oxygen atoms in total. The van der Waals surface area contributed by atoms with Gasteiger partial charge in [-0.3, -0.25) is 4.79 Å². The van der Waals surface area contributed by atoms with Crippen LogP contribution in [0.5, 0.6) is 0 Å². The van der Waals surface area contributed by atoms with Gasteiger partial charge in [-0.25, -0.2) is 0 Å². The van der Waals surface area contributed by atoms with Gasteiger partial charge in [-0.1, -0.05) is 13.0 Å². The van der Waals surface area contributed by atoms with Crippen molar-refractivity contribution in [2.24, 2.45) is 5.73 Å². The van der Waals surface area contributed by atoms with Crippen molar-refractivity contribution in [3.8, 4) is 0 Å². The van der Waals surface area contributed by atoms with E-state index in [0.717, 1.165) is 12.0 Å². The summed E-state index contributed by atoms with van der Waals surface area (Å²) in [6, 6.07) is 0. The molecule has 0 spiro atoms. The maximum atomic E-state index is 10.7. The summed E-state index contributed by atoms with van der Waals surface area (Å²) in [7, 11) is 0. The summed E-state index contributed by atoms with van der Waals surface area (Å²) in [6.45, 7) is 5.36. The van der Waals surface area contributed by atoms with Crippen LogP contribution in [-0.4, -0.2) is 5.78 Å². The second-order valence-corrected chi connectivity index (χ2v) is 2.38. The van der Waals surface area contributed by atoms with Gasteiger partial charge in [-0.15, -0.1) is 0 Å². The Labute approximate surface area is 67.8 Å². The minimum atomic E-state index is 0.0478. The summed E-state index contributed by atoms with van der Waals surface area (Å²) < 4.78 is 0. The van der Waals surface area contributed by atoms with Gasteiger partial charge in [0, 0.05) is 5.70 Å². The van der Waals surface area contributed by atoms with Crippen molar-refractivity contribution in [3.05, 3.63) is 23.4 Å². The molecule has 62 valence electrons. The van der Waals surface area contributed by atoms with E-state index < -0.39 is 0 Å². The van der Waals surface area contributed by atoms with Crippen molar-refractivity contribution < 1.29 is 4.79 Å². The molecule has 11 heavy (non-hydrogen) atoms. The summed E-state index contributed by atoms with van der Waals surface area (Å²) in [5.74, 6) is 0.0478. The van der Waals surface area contributed by atoms with E-state index in [-0.39, 0.29) is 5.78 Å². The lowest BCUT2D eigenvalue weighted by atomic mass is 10.1. The van der Waals surface area contributed by atoms with Gasteiger partial charge in [0.25, 0.3) is 0 Å². The third-order valence-corrected chi connectivity index (χ3v) is 1.44. The van der Waals surface area contributed by atoms with E-state index in [1.54, 1.807) is 12.2 Å². The van der Waals surface area contributed by atoms with Crippen LogP contribution < -0.4 is 5.73 Å². The fraction of sp³-hybridized carbons (Fsp3) is 0.444. The average molecular weight is 153 g/mol. The summed E-state index contributed by atoms with van der Waals surface area (Å²) in [5, 5.41) is 0. The van der Waals surface area contributed by atoms with E-state index in [1.165, 1.54) is 6.92 Å². The predicted octanol–water partition coefficient (Wildman–Crippen LogP) is 1.77. The van der Waals surface area contributed by atoms with Crippen LogP contribution in [0.3, 0.4) is 0 Å². The first-order valence-corrected chi connectivity index (χ1v) is 3.75. The highest BCUT2D eigenvalue weighted by atomic mass is 16.1. The maximum Gasteiger partial charge on any atom is 0.152 e. The van der Waals surface area contributed by atoms with E-state index in [2.05, 4.69) is 0 Å². The van der Waals surface area contributed by atoms with Gasteiger partial charge in [0.1, 0.15) is 0 Å². The van der Waals surface area contributed by atoms with E-state index in [0.29, 0.717) is 5.70 Å². The van der Waals surface area contributed by atoms with E-state index >= 15 is 0 Å². The number of ketones is 1. The lowest BCUT2D eigenvalue weighted by Crippen LogP contribution is -2.01. The Kier molecular flexibility index (Phi) is 4.27. The Hall–Kier alpha value is -1.05. The molecule has 0 rings (SSSR count). The molecule has 0 aromatic heterocycles. The van der Waals surface area contributed by atoms with Crippen LogP contribution in [0.15, 0.2) is 23.4 Å². The quantitative estimate of drug-likeness (QED) is 0.496. The standard InChI is InChI=1S/C9H15NO/c1-4-8(6-7(3)11)9(10)5-2/h5-6H,4,10H2,1-3H3/b8-6-,9-5+. The highest BCUT2D eigenvalue weighted by Gasteiger charge is 1.97. The summed E-state index contributed by atoms with van der Waals surface area (Å²) in [5.41, 5.74) is 7.23. The molecule has 0 aromatic rings. The minimum Gasteiger partial charge on any atom is -0.399 e. The van der Waals surface area contributed by atoms with Gasteiger partial charge in [-0.05, 0) is 31.9 Å². The van der Waals surface area contributed by atoms with Crippen LogP contribution in [0.25, 0.3) is 0 Å². The van der Waals surface area contributed by atoms with Crippen LogP contribution in [0.4, 0.5) is 0 Å². The molecule has 0 aliphatic carbocycles. The molecule has 0 bridgehead atoms. The Morgan fingerprint density at radius 1 is 1.55 bits per heavy atom. The number of nitrogens with two attached hydrogens (primary N) is 1. The molecule has 0 aliphatic heterocycles. The molecule has 2 N–H and O–H groups in total. The van der Waals surface area contributed by atoms with Gasteiger partial charge in [0.2, 0.25) is 0 Å². The number of hydrogen-bond donors (Lipinski definition) is 1. The molecule has 0 saturated heterocycles. The van der Waals surface area contributed by atoms with Crippen LogP contribution in [-0.2, 0) is 4.79 Å². The number of hydrogen-bond acceptors (Lipinski definition) is 2. The largest absolute Gasteiger partial charge is 0.399 e. The molecule has 0 saturated carbocycles. The van der Waals surface area contributed by atoms with Crippen molar-refractivity contribution >= 4 is 5.78 Å². The van der Waals surface area contributed by atoms with Gasteiger partial charge < -0.3 is 5.73 Å². The Morgan fingerprint density at radius 2 is 2.09 bits per heavy atom. The maximum absolute atomic E-state index is 10.7. The van der Waals surface area contributed by atoms with Gasteiger partial charge in [-0.2, -0.15) is 0 Å². The van der Waals surface area contributed by atoms with E-state index in [1.807, 2.05) is 13.8 Å². The molecule has 0 fully saturated rings. The summed E-state index contributed by atoms with van der Waals surface area (Å²) in [4.78, 5) is 10.7. The molecule has 0 heterocycles. The molecule has 0 aromatic carbocycles. The van der Waals surface area contributed by atoms with Gasteiger partial charge in [0.05, 0.1) is 0 Å². The number of allylic oxidation sites excluding steroid dienone is 3. The highest BCUT2D eigenvalue weighted by Crippen LogP contribution is 2.07. The molecular formula is C9H15NO. The molecule has 0 radical (unpaired) electrons. The summed E-state index contributed by atoms with van der Waals surface area (Å²) in [6.07, 6.45) is 4.18. The lowest BCUT2D eigenvalue weighted by molar-refractivity contribution is -0.112. The normalized spacial score (nSPS) is 13.4. The predicted molar refractivity (Wildman–Crippen MR) is 47.0 cm³/mol. The first-order chi connectivity index (χ1) is 5.11. The lowest BCUT2D eigenvalue weighted by Gasteiger charge is -2.01. The smallest absolute Gasteiger partial charge is 0.152 e. The van der Waals surface area contributed by atoms with Gasteiger partial charge >= 0.3 is 0 Å². The van der Waals surface area contributed by atoms with Crippen LogP contribution >= 0.6 is 0 Å². The van der Waals surface area contributed by atoms with Crippen molar-refractivity contribution in [2.45, 2.75) is 27.2 Å². The average Bonchev–Trinajstić information content (AvgIpc) is 1.98.